The van der Waals surface area contributed by atoms with Crippen LogP contribution in [0.2, 0.25) is 0 Å². The number of carbonyl (C=O) groups excluding carboxylic acids is 2. The van der Waals surface area contributed by atoms with Crippen molar-refractivity contribution in [3.8, 4) is 0 Å². The lowest BCUT2D eigenvalue weighted by Crippen LogP contribution is -2.41. The predicted molar refractivity (Wildman–Crippen MR) is 102 cm³/mol. The van der Waals surface area contributed by atoms with Crippen LogP contribution in [0.5, 0.6) is 0 Å². The quantitative estimate of drug-likeness (QED) is 0.763. The summed E-state index contributed by atoms with van der Waals surface area (Å²) >= 11 is 0. The number of nitrogens with two attached hydrogens (primary N) is 1. The normalized spacial score (nSPS) is 15.7. The summed E-state index contributed by atoms with van der Waals surface area (Å²) in [5, 5.41) is 3.24. The highest BCUT2D eigenvalue weighted by Crippen LogP contribution is 2.29. The summed E-state index contributed by atoms with van der Waals surface area (Å²) in [7, 11) is 0. The molecule has 1 aliphatic heterocycles. The lowest BCUT2D eigenvalue weighted by atomic mass is 9.88. The van der Waals surface area contributed by atoms with E-state index in [9.17, 15) is 9.59 Å². The van der Waals surface area contributed by atoms with Crippen LogP contribution in [0.1, 0.15) is 57.1 Å². The fourth-order valence-electron chi connectivity index (χ4n) is 3.12. The fourth-order valence-corrected chi connectivity index (χ4v) is 3.12. The van der Waals surface area contributed by atoms with E-state index in [0.717, 1.165) is 32.5 Å². The molecule has 0 radical (unpaired) electrons. The van der Waals surface area contributed by atoms with Crippen LogP contribution in [-0.4, -0.2) is 42.1 Å². The van der Waals surface area contributed by atoms with E-state index in [-0.39, 0.29) is 12.0 Å². The second-order valence-corrected chi connectivity index (χ2v) is 7.88. The maximum Gasteiger partial charge on any atom is 0.410 e. The number of ether oxygens (including phenoxy) is 1. The number of nitrogens with zero attached hydrogens (tertiary/aromatic N) is 1. The van der Waals surface area contributed by atoms with Crippen LogP contribution in [0.4, 0.5) is 4.79 Å². The van der Waals surface area contributed by atoms with Gasteiger partial charge in [0.15, 0.2) is 0 Å². The molecule has 2 rings (SSSR count). The summed E-state index contributed by atoms with van der Waals surface area (Å²) < 4.78 is 5.45. The highest BCUT2D eigenvalue weighted by Gasteiger charge is 2.27. The number of hydrogen-bond donors (Lipinski definition) is 2. The second kappa shape index (κ2) is 9.03. The Kier molecular flexibility index (Phi) is 7.03. The lowest BCUT2D eigenvalue weighted by molar-refractivity contribution is -0.117. The summed E-state index contributed by atoms with van der Waals surface area (Å²) in [4.78, 5) is 24.7. The molecule has 0 unspecified atom stereocenters. The van der Waals surface area contributed by atoms with E-state index in [0.29, 0.717) is 18.9 Å². The van der Waals surface area contributed by atoms with Gasteiger partial charge >= 0.3 is 6.09 Å². The molecule has 2 amide bonds. The van der Waals surface area contributed by atoms with E-state index in [1.54, 1.807) is 4.90 Å². The van der Waals surface area contributed by atoms with Gasteiger partial charge in [-0.15, -0.1) is 0 Å². The molecule has 0 atom stereocenters. The Labute approximate surface area is 156 Å². The second-order valence-electron chi connectivity index (χ2n) is 7.88. The fraction of sp³-hybridized carbons (Fsp3) is 0.600. The number of rotatable bonds is 6. The first-order valence-electron chi connectivity index (χ1n) is 9.30. The van der Waals surface area contributed by atoms with Gasteiger partial charge in [-0.1, -0.05) is 24.3 Å². The van der Waals surface area contributed by atoms with Crippen molar-refractivity contribution in [2.45, 2.75) is 58.1 Å². The van der Waals surface area contributed by atoms with Gasteiger partial charge in [0.05, 0.1) is 0 Å². The molecule has 1 fully saturated rings. The number of hydrogen-bond acceptors (Lipinski definition) is 4. The minimum Gasteiger partial charge on any atom is -0.444 e. The van der Waals surface area contributed by atoms with Gasteiger partial charge in [0.25, 0.3) is 0 Å². The average Bonchev–Trinajstić information content (AvgIpc) is 2.57. The molecule has 0 spiro atoms. The molecule has 0 saturated carbocycles. The van der Waals surface area contributed by atoms with Crippen LogP contribution in [0.3, 0.4) is 0 Å². The van der Waals surface area contributed by atoms with Crippen molar-refractivity contribution in [1.29, 1.82) is 0 Å². The third-order valence-electron chi connectivity index (χ3n) is 4.45. The van der Waals surface area contributed by atoms with Gasteiger partial charge in [0.1, 0.15) is 5.60 Å². The van der Waals surface area contributed by atoms with E-state index in [1.165, 1.54) is 11.1 Å². The first-order chi connectivity index (χ1) is 12.2. The van der Waals surface area contributed by atoms with Crippen molar-refractivity contribution in [3.05, 3.63) is 35.4 Å². The van der Waals surface area contributed by atoms with Crippen LogP contribution in [0.25, 0.3) is 0 Å². The van der Waals surface area contributed by atoms with Crippen molar-refractivity contribution in [2.75, 3.05) is 19.6 Å². The molecule has 1 aromatic rings. The number of amides is 2. The molecule has 26 heavy (non-hydrogen) atoms. The van der Waals surface area contributed by atoms with E-state index in [4.69, 9.17) is 10.5 Å². The average molecular weight is 361 g/mol. The Morgan fingerprint density at radius 1 is 1.27 bits per heavy atom. The molecule has 0 bridgehead atoms. The van der Waals surface area contributed by atoms with Crippen LogP contribution in [-0.2, 0) is 16.1 Å². The molecule has 1 heterocycles. The zero-order valence-electron chi connectivity index (χ0n) is 16.1. The van der Waals surface area contributed by atoms with Gasteiger partial charge in [-0.25, -0.2) is 4.79 Å². The number of likely N-dealkylation sites (tertiary alicyclic amines) is 1. The van der Waals surface area contributed by atoms with Gasteiger partial charge in [0.2, 0.25) is 5.91 Å². The van der Waals surface area contributed by atoms with Crippen LogP contribution in [0.15, 0.2) is 24.3 Å². The molecule has 1 saturated heterocycles. The van der Waals surface area contributed by atoms with Gasteiger partial charge in [-0.3, -0.25) is 4.79 Å². The minimum absolute atomic E-state index is 0.219. The summed E-state index contributed by atoms with van der Waals surface area (Å²) in [6.45, 7) is 8.43. The number of carbonyl (C=O) groups is 2. The molecule has 6 heteroatoms. The van der Waals surface area contributed by atoms with Gasteiger partial charge in [-0.05, 0) is 50.7 Å². The maximum absolute atomic E-state index is 12.2. The van der Waals surface area contributed by atoms with Crippen molar-refractivity contribution in [2.24, 2.45) is 5.73 Å². The minimum atomic E-state index is -0.455. The summed E-state index contributed by atoms with van der Waals surface area (Å²) in [6, 6.07) is 8.52. The molecule has 0 aromatic heterocycles. The number of nitrogens with one attached hydrogen (secondary N) is 1. The zero-order valence-corrected chi connectivity index (χ0v) is 16.1. The molecular weight excluding hydrogens is 330 g/mol. The van der Waals surface area contributed by atoms with Crippen molar-refractivity contribution < 1.29 is 14.3 Å². The summed E-state index contributed by atoms with van der Waals surface area (Å²) in [5.41, 5.74) is 7.19. The molecule has 3 N–H and O–H groups in total. The van der Waals surface area contributed by atoms with Crippen molar-refractivity contribution in [3.63, 3.8) is 0 Å². The third kappa shape index (κ3) is 6.67. The number of primary amides is 1. The van der Waals surface area contributed by atoms with E-state index < -0.39 is 5.60 Å². The highest BCUT2D eigenvalue weighted by molar-refractivity contribution is 5.73. The van der Waals surface area contributed by atoms with Crippen LogP contribution in [0, 0.1) is 0 Å². The largest absolute Gasteiger partial charge is 0.444 e. The SMILES string of the molecule is CC(C)(C)OC(=O)N1CCC(c2cccc(CNCCC(N)=O)c2)CC1. The Hall–Kier alpha value is -2.08. The first kappa shape index (κ1) is 20.2. The Balaban J connectivity index is 1.84. The Morgan fingerprint density at radius 3 is 2.58 bits per heavy atom. The van der Waals surface area contributed by atoms with E-state index >= 15 is 0 Å². The first-order valence-corrected chi connectivity index (χ1v) is 9.30. The summed E-state index contributed by atoms with van der Waals surface area (Å²) in [6.07, 6.45) is 2.02. The third-order valence-corrected chi connectivity index (χ3v) is 4.45. The summed E-state index contributed by atoms with van der Waals surface area (Å²) in [5.74, 6) is 0.169. The molecule has 144 valence electrons. The topological polar surface area (TPSA) is 84.7 Å². The van der Waals surface area contributed by atoms with Crippen LogP contribution < -0.4 is 11.1 Å². The standard InChI is InChI=1S/C20H31N3O3/c1-20(2,3)26-19(25)23-11-8-16(9-12-23)17-6-4-5-15(13-17)14-22-10-7-18(21)24/h4-6,13,16,22H,7-12,14H2,1-3H3,(H2,21,24). The van der Waals surface area contributed by atoms with Gasteiger partial charge < -0.3 is 20.7 Å². The van der Waals surface area contributed by atoms with Crippen LogP contribution >= 0.6 is 0 Å². The molecule has 0 aliphatic carbocycles. The van der Waals surface area contributed by atoms with E-state index in [1.807, 2.05) is 20.8 Å². The monoisotopic (exact) mass is 361 g/mol. The predicted octanol–water partition coefficient (Wildman–Crippen LogP) is 2.77. The van der Waals surface area contributed by atoms with Crippen molar-refractivity contribution in [1.82, 2.24) is 10.2 Å². The molecule has 1 aromatic carbocycles. The zero-order chi connectivity index (χ0) is 19.2. The molecule has 1 aliphatic rings. The van der Waals surface area contributed by atoms with Crippen molar-refractivity contribution >= 4 is 12.0 Å². The number of piperidine rings is 1. The van der Waals surface area contributed by atoms with Gasteiger partial charge in [0, 0.05) is 32.6 Å². The lowest BCUT2D eigenvalue weighted by Gasteiger charge is -2.33. The van der Waals surface area contributed by atoms with Gasteiger partial charge in [-0.2, -0.15) is 0 Å². The maximum atomic E-state index is 12.2. The smallest absolute Gasteiger partial charge is 0.410 e. The molecule has 6 nitrogen and oxygen atoms in total. The van der Waals surface area contributed by atoms with E-state index in [2.05, 4.69) is 29.6 Å². The highest BCUT2D eigenvalue weighted by atomic mass is 16.6. The number of benzene rings is 1. The molecular formula is C20H31N3O3. The Bertz CT molecular complexity index is 617. The Morgan fingerprint density at radius 2 is 1.96 bits per heavy atom.